The summed E-state index contributed by atoms with van der Waals surface area (Å²) in [6.07, 6.45) is 1.56. The summed E-state index contributed by atoms with van der Waals surface area (Å²) in [5.74, 6) is -1.09. The fourth-order valence-corrected chi connectivity index (χ4v) is 1.98. The lowest BCUT2D eigenvalue weighted by atomic mass is 10.00. The second-order valence-corrected chi connectivity index (χ2v) is 4.58. The molecule has 3 heteroatoms. The molecule has 0 bridgehead atoms. The number of aryl methyl sites for hydroxylation is 1. The van der Waals surface area contributed by atoms with Crippen LogP contribution in [0.25, 0.3) is 0 Å². The molecule has 15 heavy (non-hydrogen) atoms. The third-order valence-corrected chi connectivity index (χ3v) is 3.21. The molecule has 0 heterocycles. The normalized spacial score (nSPS) is 12.5. The van der Waals surface area contributed by atoms with Crippen LogP contribution in [0.3, 0.4) is 0 Å². The minimum Gasteiger partial charge on any atom is -0.481 e. The Labute approximate surface area is 98.4 Å². The third-order valence-electron chi connectivity index (χ3n) is 2.47. The van der Waals surface area contributed by atoms with Gasteiger partial charge in [-0.2, -0.15) is 0 Å². The lowest BCUT2D eigenvalue weighted by Gasteiger charge is -2.09. The van der Waals surface area contributed by atoms with E-state index in [4.69, 9.17) is 5.11 Å². The largest absolute Gasteiger partial charge is 0.481 e. The molecule has 1 aromatic rings. The van der Waals surface area contributed by atoms with Crippen molar-refractivity contribution in [3.63, 3.8) is 0 Å². The van der Waals surface area contributed by atoms with Crippen LogP contribution < -0.4 is 0 Å². The zero-order chi connectivity index (χ0) is 11.4. The summed E-state index contributed by atoms with van der Waals surface area (Å²) in [4.78, 5) is 10.7. The number of hydrogen-bond acceptors (Lipinski definition) is 1. The van der Waals surface area contributed by atoms with Gasteiger partial charge in [-0.1, -0.05) is 41.9 Å². The van der Waals surface area contributed by atoms with Crippen molar-refractivity contribution in [3.8, 4) is 0 Å². The number of carboxylic acid groups (broad SMARTS) is 1. The molecule has 82 valence electrons. The zero-order valence-corrected chi connectivity index (χ0v) is 10.5. The Bertz CT molecular complexity index is 361. The predicted octanol–water partition coefficient (Wildman–Crippen LogP) is 3.27. The molecule has 0 saturated heterocycles. The highest BCUT2D eigenvalue weighted by Gasteiger charge is 2.13. The highest BCUT2D eigenvalue weighted by Crippen LogP contribution is 2.22. The SMILES string of the molecule is CCc1ccc(CC(C)C(=O)O)c(Br)c1. The molecule has 0 aromatic heterocycles. The molecule has 2 nitrogen and oxygen atoms in total. The van der Waals surface area contributed by atoms with E-state index in [9.17, 15) is 4.79 Å². The minimum atomic E-state index is -0.749. The lowest BCUT2D eigenvalue weighted by molar-refractivity contribution is -0.141. The van der Waals surface area contributed by atoms with Gasteiger partial charge in [-0.05, 0) is 30.0 Å². The van der Waals surface area contributed by atoms with Crippen LogP contribution >= 0.6 is 15.9 Å². The van der Waals surface area contributed by atoms with Gasteiger partial charge < -0.3 is 5.11 Å². The molecule has 1 aromatic carbocycles. The number of aliphatic carboxylic acids is 1. The second-order valence-electron chi connectivity index (χ2n) is 3.72. The molecule has 0 fully saturated rings. The summed E-state index contributed by atoms with van der Waals surface area (Å²) in [6.45, 7) is 3.82. The summed E-state index contributed by atoms with van der Waals surface area (Å²) >= 11 is 3.47. The fourth-order valence-electron chi connectivity index (χ4n) is 1.39. The van der Waals surface area contributed by atoms with E-state index in [1.165, 1.54) is 5.56 Å². The van der Waals surface area contributed by atoms with Gasteiger partial charge >= 0.3 is 5.97 Å². The quantitative estimate of drug-likeness (QED) is 0.912. The van der Waals surface area contributed by atoms with E-state index in [1.54, 1.807) is 6.92 Å². The molecule has 0 aliphatic carbocycles. The maximum Gasteiger partial charge on any atom is 0.306 e. The van der Waals surface area contributed by atoms with E-state index in [0.29, 0.717) is 6.42 Å². The van der Waals surface area contributed by atoms with Crippen LogP contribution in [-0.2, 0) is 17.6 Å². The van der Waals surface area contributed by atoms with Crippen LogP contribution in [0, 0.1) is 5.92 Å². The molecule has 1 N–H and O–H groups in total. The lowest BCUT2D eigenvalue weighted by Crippen LogP contribution is -2.12. The summed E-state index contributed by atoms with van der Waals surface area (Å²) in [6, 6.07) is 6.11. The van der Waals surface area contributed by atoms with Crippen LogP contribution in [0.2, 0.25) is 0 Å². The standard InChI is InChI=1S/C12H15BrO2/c1-3-9-4-5-10(11(13)7-9)6-8(2)12(14)15/h4-5,7-8H,3,6H2,1-2H3,(H,14,15). The van der Waals surface area contributed by atoms with Crippen molar-refractivity contribution < 1.29 is 9.90 Å². The molecular weight excluding hydrogens is 256 g/mol. The topological polar surface area (TPSA) is 37.3 Å². The summed E-state index contributed by atoms with van der Waals surface area (Å²) < 4.78 is 1.01. The third kappa shape index (κ3) is 3.34. The van der Waals surface area contributed by atoms with E-state index in [-0.39, 0.29) is 5.92 Å². The Hall–Kier alpha value is -0.830. The number of carbonyl (C=O) groups is 1. The first-order chi connectivity index (χ1) is 7.04. The first kappa shape index (κ1) is 12.2. The van der Waals surface area contributed by atoms with Crippen molar-refractivity contribution in [2.24, 2.45) is 5.92 Å². The first-order valence-corrected chi connectivity index (χ1v) is 5.84. The molecule has 1 unspecified atom stereocenters. The van der Waals surface area contributed by atoms with Crippen LogP contribution in [0.4, 0.5) is 0 Å². The van der Waals surface area contributed by atoms with Crippen molar-refractivity contribution >= 4 is 21.9 Å². The zero-order valence-electron chi connectivity index (χ0n) is 8.96. The van der Waals surface area contributed by atoms with E-state index in [1.807, 2.05) is 6.07 Å². The van der Waals surface area contributed by atoms with Gasteiger partial charge in [0.1, 0.15) is 0 Å². The molecule has 0 amide bonds. The minimum absolute atomic E-state index is 0.339. The van der Waals surface area contributed by atoms with Gasteiger partial charge in [-0.25, -0.2) is 0 Å². The van der Waals surface area contributed by atoms with Crippen molar-refractivity contribution in [2.75, 3.05) is 0 Å². The highest BCUT2D eigenvalue weighted by molar-refractivity contribution is 9.10. The van der Waals surface area contributed by atoms with Crippen LogP contribution in [0.1, 0.15) is 25.0 Å². The molecule has 0 saturated carbocycles. The fraction of sp³-hybridized carbons (Fsp3) is 0.417. The van der Waals surface area contributed by atoms with Gasteiger partial charge in [0.2, 0.25) is 0 Å². The Balaban J connectivity index is 2.82. The smallest absolute Gasteiger partial charge is 0.306 e. The predicted molar refractivity (Wildman–Crippen MR) is 64.0 cm³/mol. The van der Waals surface area contributed by atoms with Gasteiger partial charge in [-0.3, -0.25) is 4.79 Å². The van der Waals surface area contributed by atoms with E-state index in [2.05, 4.69) is 35.0 Å². The van der Waals surface area contributed by atoms with Gasteiger partial charge in [0.15, 0.2) is 0 Å². The molecule has 0 spiro atoms. The Kier molecular flexibility index (Phi) is 4.33. The van der Waals surface area contributed by atoms with E-state index < -0.39 is 5.97 Å². The average Bonchev–Trinajstić information content (AvgIpc) is 2.20. The molecule has 1 atom stereocenters. The van der Waals surface area contributed by atoms with Gasteiger partial charge in [0.05, 0.1) is 5.92 Å². The first-order valence-electron chi connectivity index (χ1n) is 5.04. The maximum atomic E-state index is 10.7. The van der Waals surface area contributed by atoms with Crippen molar-refractivity contribution in [2.45, 2.75) is 26.7 Å². The summed E-state index contributed by atoms with van der Waals surface area (Å²) in [5.41, 5.74) is 2.32. The highest BCUT2D eigenvalue weighted by atomic mass is 79.9. The van der Waals surface area contributed by atoms with Gasteiger partial charge in [0.25, 0.3) is 0 Å². The Morgan fingerprint density at radius 1 is 1.53 bits per heavy atom. The Morgan fingerprint density at radius 3 is 2.67 bits per heavy atom. The molecule has 1 rings (SSSR count). The van der Waals surface area contributed by atoms with Crippen LogP contribution in [-0.4, -0.2) is 11.1 Å². The second kappa shape index (κ2) is 5.31. The maximum absolute atomic E-state index is 10.7. The van der Waals surface area contributed by atoms with Crippen molar-refractivity contribution in [1.82, 2.24) is 0 Å². The van der Waals surface area contributed by atoms with Crippen LogP contribution in [0.15, 0.2) is 22.7 Å². The van der Waals surface area contributed by atoms with E-state index in [0.717, 1.165) is 16.5 Å². The molecule has 0 radical (unpaired) electrons. The Morgan fingerprint density at radius 2 is 2.20 bits per heavy atom. The van der Waals surface area contributed by atoms with Crippen molar-refractivity contribution in [3.05, 3.63) is 33.8 Å². The summed E-state index contributed by atoms with van der Waals surface area (Å²) in [5, 5.41) is 8.82. The molecular formula is C12H15BrO2. The number of halogens is 1. The summed E-state index contributed by atoms with van der Waals surface area (Å²) in [7, 11) is 0. The van der Waals surface area contributed by atoms with Gasteiger partial charge in [0, 0.05) is 4.47 Å². The van der Waals surface area contributed by atoms with Crippen LogP contribution in [0.5, 0.6) is 0 Å². The number of benzene rings is 1. The van der Waals surface area contributed by atoms with E-state index >= 15 is 0 Å². The molecule has 0 aliphatic heterocycles. The number of carboxylic acids is 1. The average molecular weight is 271 g/mol. The number of hydrogen-bond donors (Lipinski definition) is 1. The van der Waals surface area contributed by atoms with Gasteiger partial charge in [-0.15, -0.1) is 0 Å². The van der Waals surface area contributed by atoms with Crippen molar-refractivity contribution in [1.29, 1.82) is 0 Å². The number of rotatable bonds is 4. The molecule has 0 aliphatic rings. The monoisotopic (exact) mass is 270 g/mol.